The van der Waals surface area contributed by atoms with Crippen molar-refractivity contribution in [1.82, 2.24) is 5.43 Å². The minimum Gasteiger partial charge on any atom is -0.494 e. The zero-order valence-electron chi connectivity index (χ0n) is 18.4. The smallest absolute Gasteiger partial charge is 0.262 e. The van der Waals surface area contributed by atoms with Gasteiger partial charge in [-0.1, -0.05) is 24.3 Å². The quantitative estimate of drug-likeness (QED) is 0.360. The average Bonchev–Trinajstić information content (AvgIpc) is 2.81. The van der Waals surface area contributed by atoms with Gasteiger partial charge in [0.15, 0.2) is 18.1 Å². The summed E-state index contributed by atoms with van der Waals surface area (Å²) < 4.78 is 16.8. The number of benzene rings is 3. The maximum atomic E-state index is 12.3. The van der Waals surface area contributed by atoms with Crippen molar-refractivity contribution in [3.05, 3.63) is 78.4 Å². The van der Waals surface area contributed by atoms with Gasteiger partial charge >= 0.3 is 0 Å². The summed E-state index contributed by atoms with van der Waals surface area (Å²) >= 11 is 0. The van der Waals surface area contributed by atoms with Crippen molar-refractivity contribution in [2.75, 3.05) is 30.6 Å². The lowest BCUT2D eigenvalue weighted by Gasteiger charge is -2.14. The van der Waals surface area contributed by atoms with Crippen LogP contribution in [-0.2, 0) is 11.3 Å². The van der Waals surface area contributed by atoms with E-state index in [0.29, 0.717) is 36.9 Å². The number of rotatable bonds is 12. The molecule has 3 aromatic carbocycles. The number of anilines is 2. The van der Waals surface area contributed by atoms with Crippen LogP contribution in [0.5, 0.6) is 17.2 Å². The van der Waals surface area contributed by atoms with Crippen molar-refractivity contribution in [3.8, 4) is 17.2 Å². The molecule has 168 valence electrons. The molecule has 0 saturated heterocycles. The molecule has 3 rings (SSSR count). The molecule has 32 heavy (non-hydrogen) atoms. The van der Waals surface area contributed by atoms with E-state index in [-0.39, 0.29) is 12.5 Å². The third-order valence-electron chi connectivity index (χ3n) is 4.41. The second-order valence-corrected chi connectivity index (χ2v) is 6.85. The maximum Gasteiger partial charge on any atom is 0.262 e. The number of amides is 1. The first kappa shape index (κ1) is 23.0. The van der Waals surface area contributed by atoms with Crippen molar-refractivity contribution in [1.29, 1.82) is 0 Å². The van der Waals surface area contributed by atoms with Crippen molar-refractivity contribution in [2.24, 2.45) is 0 Å². The third kappa shape index (κ3) is 7.21. The molecule has 0 heterocycles. The van der Waals surface area contributed by atoms with Crippen LogP contribution in [0.25, 0.3) is 0 Å². The van der Waals surface area contributed by atoms with Gasteiger partial charge < -0.3 is 25.0 Å². The standard InChI is InChI=1S/C25H29N3O4/c1-3-30-22-13-11-20(12-14-22)27-25(29)18-32-23-15-10-19(16-24(23)31-4-2)17-26-28-21-8-6-5-7-9-21/h5-16,26,28H,3-4,17-18H2,1-2H3,(H,27,29). The lowest BCUT2D eigenvalue weighted by Crippen LogP contribution is -2.21. The highest BCUT2D eigenvalue weighted by atomic mass is 16.5. The summed E-state index contributed by atoms with van der Waals surface area (Å²) in [5, 5.41) is 2.81. The monoisotopic (exact) mass is 435 g/mol. The van der Waals surface area contributed by atoms with Gasteiger partial charge in [0.25, 0.3) is 5.91 Å². The van der Waals surface area contributed by atoms with Crippen molar-refractivity contribution in [3.63, 3.8) is 0 Å². The van der Waals surface area contributed by atoms with Gasteiger partial charge in [-0.3, -0.25) is 4.79 Å². The highest BCUT2D eigenvalue weighted by Gasteiger charge is 2.10. The molecule has 0 unspecified atom stereocenters. The molecule has 3 N–H and O–H groups in total. The second kappa shape index (κ2) is 12.2. The molecule has 0 radical (unpaired) electrons. The molecule has 0 spiro atoms. The highest BCUT2D eigenvalue weighted by molar-refractivity contribution is 5.91. The molecule has 0 saturated carbocycles. The van der Waals surface area contributed by atoms with Gasteiger partial charge in [0.05, 0.1) is 13.2 Å². The lowest BCUT2D eigenvalue weighted by molar-refractivity contribution is -0.118. The van der Waals surface area contributed by atoms with Crippen LogP contribution in [0.1, 0.15) is 19.4 Å². The Balaban J connectivity index is 1.52. The van der Waals surface area contributed by atoms with E-state index >= 15 is 0 Å². The molecular formula is C25H29N3O4. The van der Waals surface area contributed by atoms with E-state index in [2.05, 4.69) is 16.2 Å². The molecule has 3 aromatic rings. The Morgan fingerprint density at radius 3 is 2.25 bits per heavy atom. The summed E-state index contributed by atoms with van der Waals surface area (Å²) in [7, 11) is 0. The molecule has 0 aliphatic carbocycles. The lowest BCUT2D eigenvalue weighted by atomic mass is 10.2. The van der Waals surface area contributed by atoms with Crippen LogP contribution in [-0.4, -0.2) is 25.7 Å². The van der Waals surface area contributed by atoms with E-state index in [0.717, 1.165) is 17.0 Å². The first-order valence-electron chi connectivity index (χ1n) is 10.6. The second-order valence-electron chi connectivity index (χ2n) is 6.85. The molecule has 7 heteroatoms. The molecule has 1 amide bonds. The van der Waals surface area contributed by atoms with E-state index in [1.165, 1.54) is 0 Å². The van der Waals surface area contributed by atoms with Crippen LogP contribution >= 0.6 is 0 Å². The highest BCUT2D eigenvalue weighted by Crippen LogP contribution is 2.28. The van der Waals surface area contributed by atoms with Gasteiger partial charge in [0.2, 0.25) is 0 Å². The van der Waals surface area contributed by atoms with Gasteiger partial charge in [0.1, 0.15) is 5.75 Å². The number of hydrazine groups is 1. The molecule has 0 aliphatic rings. The van der Waals surface area contributed by atoms with Gasteiger partial charge in [0, 0.05) is 17.9 Å². The summed E-state index contributed by atoms with van der Waals surface area (Å²) in [5.41, 5.74) is 9.01. The number of para-hydroxylation sites is 1. The topological polar surface area (TPSA) is 80.9 Å². The summed E-state index contributed by atoms with van der Waals surface area (Å²) in [5.74, 6) is 1.62. The van der Waals surface area contributed by atoms with E-state index in [4.69, 9.17) is 14.2 Å². The predicted molar refractivity (Wildman–Crippen MR) is 126 cm³/mol. The molecule has 0 aliphatic heterocycles. The first-order valence-corrected chi connectivity index (χ1v) is 10.6. The normalized spacial score (nSPS) is 10.3. The van der Waals surface area contributed by atoms with Gasteiger partial charge in [-0.05, 0) is 67.9 Å². The zero-order valence-corrected chi connectivity index (χ0v) is 18.4. The Morgan fingerprint density at radius 2 is 1.53 bits per heavy atom. The van der Waals surface area contributed by atoms with Gasteiger partial charge in [-0.2, -0.15) is 0 Å². The minimum absolute atomic E-state index is 0.125. The molecular weight excluding hydrogens is 406 g/mol. The molecule has 7 nitrogen and oxygen atoms in total. The van der Waals surface area contributed by atoms with Crippen molar-refractivity contribution < 1.29 is 19.0 Å². The van der Waals surface area contributed by atoms with Crippen LogP contribution in [0.2, 0.25) is 0 Å². The molecule has 0 aromatic heterocycles. The van der Waals surface area contributed by atoms with Crippen molar-refractivity contribution >= 4 is 17.3 Å². The zero-order chi connectivity index (χ0) is 22.6. The summed E-state index contributed by atoms with van der Waals surface area (Å²) in [4.78, 5) is 12.3. The van der Waals surface area contributed by atoms with Gasteiger partial charge in [-0.25, -0.2) is 5.43 Å². The Hall–Kier alpha value is -3.71. The largest absolute Gasteiger partial charge is 0.494 e. The molecule has 0 atom stereocenters. The fraction of sp³-hybridized carbons (Fsp3) is 0.240. The van der Waals surface area contributed by atoms with E-state index in [1.807, 2.05) is 74.5 Å². The summed E-state index contributed by atoms with van der Waals surface area (Å²) in [6.45, 7) is 5.39. The van der Waals surface area contributed by atoms with Crippen LogP contribution in [0, 0.1) is 0 Å². The van der Waals surface area contributed by atoms with E-state index in [1.54, 1.807) is 12.1 Å². The summed E-state index contributed by atoms with van der Waals surface area (Å²) in [6.07, 6.45) is 0. The number of hydrogen-bond donors (Lipinski definition) is 3. The van der Waals surface area contributed by atoms with E-state index in [9.17, 15) is 4.79 Å². The number of hydrogen-bond acceptors (Lipinski definition) is 6. The van der Waals surface area contributed by atoms with Crippen LogP contribution in [0.3, 0.4) is 0 Å². The maximum absolute atomic E-state index is 12.3. The third-order valence-corrected chi connectivity index (χ3v) is 4.41. The Morgan fingerprint density at radius 1 is 0.781 bits per heavy atom. The fourth-order valence-corrected chi connectivity index (χ4v) is 2.96. The number of nitrogens with one attached hydrogen (secondary N) is 3. The Labute approximate surface area is 188 Å². The van der Waals surface area contributed by atoms with Gasteiger partial charge in [-0.15, -0.1) is 0 Å². The summed E-state index contributed by atoms with van der Waals surface area (Å²) in [6, 6.07) is 22.7. The number of ether oxygens (including phenoxy) is 3. The number of carbonyl (C=O) groups excluding carboxylic acids is 1. The van der Waals surface area contributed by atoms with Crippen LogP contribution < -0.4 is 30.4 Å². The van der Waals surface area contributed by atoms with Crippen molar-refractivity contribution in [2.45, 2.75) is 20.4 Å². The SMILES string of the molecule is CCOc1ccc(NC(=O)COc2ccc(CNNc3ccccc3)cc2OCC)cc1. The van der Waals surface area contributed by atoms with Crippen LogP contribution in [0.15, 0.2) is 72.8 Å². The Kier molecular flexibility index (Phi) is 8.77. The van der Waals surface area contributed by atoms with Crippen LogP contribution in [0.4, 0.5) is 11.4 Å². The van der Waals surface area contributed by atoms with E-state index < -0.39 is 0 Å². The Bertz CT molecular complexity index is 978. The number of carbonyl (C=O) groups is 1. The average molecular weight is 436 g/mol. The molecule has 0 bridgehead atoms. The first-order chi connectivity index (χ1) is 15.7. The predicted octanol–water partition coefficient (Wildman–Crippen LogP) is 4.62. The fourth-order valence-electron chi connectivity index (χ4n) is 2.96. The molecule has 0 fully saturated rings. The minimum atomic E-state index is -0.255.